The van der Waals surface area contributed by atoms with Gasteiger partial charge in [-0.15, -0.1) is 0 Å². The van der Waals surface area contributed by atoms with Crippen molar-refractivity contribution in [3.05, 3.63) is 0 Å². The fraction of sp³-hybridized carbons (Fsp3) is 0.875. The number of halogens is 2. The Labute approximate surface area is 82.0 Å². The maximum Gasteiger partial charge on any atom is 0.261 e. The molecule has 0 aromatic heterocycles. The molecule has 0 aliphatic carbocycles. The number of hydrogen-bond acceptors (Lipinski definition) is 3. The van der Waals surface area contributed by atoms with E-state index in [1.54, 1.807) is 7.05 Å². The van der Waals surface area contributed by atoms with E-state index in [9.17, 15) is 13.6 Å². The lowest BCUT2D eigenvalue weighted by molar-refractivity contribution is -0.121. The zero-order valence-electron chi connectivity index (χ0n) is 8.19. The van der Waals surface area contributed by atoms with Crippen molar-refractivity contribution in [3.63, 3.8) is 0 Å². The van der Waals surface area contributed by atoms with Gasteiger partial charge in [-0.2, -0.15) is 0 Å². The monoisotopic (exact) mass is 210 g/mol. The number of carbonyl (C=O) groups is 1. The van der Waals surface area contributed by atoms with Crippen molar-refractivity contribution in [1.29, 1.82) is 0 Å². The molecule has 0 aromatic rings. The first-order valence-corrected chi connectivity index (χ1v) is 4.44. The first-order valence-electron chi connectivity index (χ1n) is 4.44. The molecule has 0 radical (unpaired) electrons. The van der Waals surface area contributed by atoms with Crippen LogP contribution in [0.25, 0.3) is 0 Å². The van der Waals surface area contributed by atoms with E-state index in [1.165, 1.54) is 0 Å². The van der Waals surface area contributed by atoms with Crippen LogP contribution < -0.4 is 10.6 Å². The predicted molar refractivity (Wildman–Crippen MR) is 48.4 cm³/mol. The number of hydrogen-bond donors (Lipinski definition) is 2. The van der Waals surface area contributed by atoms with Crippen LogP contribution in [0.15, 0.2) is 0 Å². The van der Waals surface area contributed by atoms with E-state index in [0.29, 0.717) is 13.0 Å². The van der Waals surface area contributed by atoms with Gasteiger partial charge in [0.05, 0.1) is 6.61 Å². The van der Waals surface area contributed by atoms with Crippen LogP contribution in [0.4, 0.5) is 8.78 Å². The third-order valence-corrected chi connectivity index (χ3v) is 1.41. The van der Waals surface area contributed by atoms with Gasteiger partial charge in [0, 0.05) is 19.5 Å². The van der Waals surface area contributed by atoms with Crippen molar-refractivity contribution in [1.82, 2.24) is 10.6 Å². The highest BCUT2D eigenvalue weighted by Crippen LogP contribution is 1.91. The van der Waals surface area contributed by atoms with Gasteiger partial charge in [-0.25, -0.2) is 8.78 Å². The van der Waals surface area contributed by atoms with Gasteiger partial charge in [0.15, 0.2) is 0 Å². The van der Waals surface area contributed by atoms with Gasteiger partial charge in [-0.1, -0.05) is 0 Å². The van der Waals surface area contributed by atoms with E-state index in [2.05, 4.69) is 15.4 Å². The van der Waals surface area contributed by atoms with Crippen LogP contribution in [0.5, 0.6) is 0 Å². The maximum atomic E-state index is 11.6. The van der Waals surface area contributed by atoms with Crippen LogP contribution in [-0.4, -0.2) is 45.7 Å². The molecule has 4 nitrogen and oxygen atoms in total. The molecule has 0 rings (SSSR count). The van der Waals surface area contributed by atoms with Gasteiger partial charge in [0.2, 0.25) is 5.91 Å². The number of carbonyl (C=O) groups excluding carboxylic acids is 1. The molecule has 0 saturated carbocycles. The highest BCUT2D eigenvalue weighted by Gasteiger charge is 2.02. The van der Waals surface area contributed by atoms with Gasteiger partial charge in [-0.3, -0.25) is 4.79 Å². The van der Waals surface area contributed by atoms with Gasteiger partial charge in [0.25, 0.3) is 6.43 Å². The lowest BCUT2D eigenvalue weighted by Gasteiger charge is -2.05. The number of amides is 1. The molecule has 0 aliphatic rings. The molecule has 0 saturated heterocycles. The second kappa shape index (κ2) is 8.83. The van der Waals surface area contributed by atoms with Crippen molar-refractivity contribution >= 4 is 5.91 Å². The standard InChI is InChI=1S/C8H16F2N2O2/c1-11-3-2-8(13)12-4-5-14-6-7(9)10/h7,11H,2-6H2,1H3,(H,12,13). The minimum atomic E-state index is -2.45. The molecule has 0 unspecified atom stereocenters. The summed E-state index contributed by atoms with van der Waals surface area (Å²) in [5, 5.41) is 5.37. The lowest BCUT2D eigenvalue weighted by Crippen LogP contribution is -2.29. The number of ether oxygens (including phenoxy) is 1. The molecule has 14 heavy (non-hydrogen) atoms. The average molecular weight is 210 g/mol. The Morgan fingerprint density at radius 1 is 1.43 bits per heavy atom. The molecule has 0 bridgehead atoms. The normalized spacial score (nSPS) is 10.6. The van der Waals surface area contributed by atoms with E-state index in [1.807, 2.05) is 0 Å². The summed E-state index contributed by atoms with van der Waals surface area (Å²) in [6.07, 6.45) is -2.07. The second-order valence-electron chi connectivity index (χ2n) is 2.67. The Bertz CT molecular complexity index is 156. The smallest absolute Gasteiger partial charge is 0.261 e. The van der Waals surface area contributed by atoms with E-state index in [4.69, 9.17) is 0 Å². The van der Waals surface area contributed by atoms with Crippen LogP contribution in [0.2, 0.25) is 0 Å². The lowest BCUT2D eigenvalue weighted by atomic mass is 10.4. The van der Waals surface area contributed by atoms with Crippen LogP contribution in [0, 0.1) is 0 Å². The van der Waals surface area contributed by atoms with Gasteiger partial charge >= 0.3 is 0 Å². The first kappa shape index (κ1) is 13.2. The van der Waals surface area contributed by atoms with E-state index in [-0.39, 0.29) is 19.1 Å². The minimum Gasteiger partial charge on any atom is -0.374 e. The Hall–Kier alpha value is -0.750. The molecule has 1 amide bonds. The Kier molecular flexibility index (Phi) is 8.36. The van der Waals surface area contributed by atoms with Gasteiger partial charge in [0.1, 0.15) is 6.61 Å². The number of alkyl halides is 2. The zero-order valence-corrected chi connectivity index (χ0v) is 8.19. The topological polar surface area (TPSA) is 50.4 Å². The molecule has 0 aromatic carbocycles. The van der Waals surface area contributed by atoms with Gasteiger partial charge in [-0.05, 0) is 7.05 Å². The van der Waals surface area contributed by atoms with Crippen LogP contribution >= 0.6 is 0 Å². The summed E-state index contributed by atoms with van der Waals surface area (Å²) < 4.78 is 27.7. The van der Waals surface area contributed by atoms with Crippen molar-refractivity contribution < 1.29 is 18.3 Å². The SMILES string of the molecule is CNCCC(=O)NCCOCC(F)F. The summed E-state index contributed by atoms with van der Waals surface area (Å²) in [6, 6.07) is 0. The highest BCUT2D eigenvalue weighted by molar-refractivity contribution is 5.75. The quantitative estimate of drug-likeness (QED) is 0.554. The van der Waals surface area contributed by atoms with Crippen molar-refractivity contribution in [2.24, 2.45) is 0 Å². The summed E-state index contributed by atoms with van der Waals surface area (Å²) in [5.41, 5.74) is 0. The summed E-state index contributed by atoms with van der Waals surface area (Å²) in [7, 11) is 1.75. The molecule has 2 N–H and O–H groups in total. The second-order valence-corrected chi connectivity index (χ2v) is 2.67. The van der Waals surface area contributed by atoms with Crippen LogP contribution in [-0.2, 0) is 9.53 Å². The summed E-state index contributed by atoms with van der Waals surface area (Å²) >= 11 is 0. The predicted octanol–water partition coefficient (Wildman–Crippen LogP) is -0.00620. The van der Waals surface area contributed by atoms with E-state index < -0.39 is 13.0 Å². The Balaban J connectivity index is 3.15. The molecular formula is C8H16F2N2O2. The summed E-state index contributed by atoms with van der Waals surface area (Å²) in [6.45, 7) is 0.418. The third-order valence-electron chi connectivity index (χ3n) is 1.41. The molecule has 0 spiro atoms. The van der Waals surface area contributed by atoms with Crippen molar-refractivity contribution in [2.45, 2.75) is 12.8 Å². The average Bonchev–Trinajstić information content (AvgIpc) is 2.13. The van der Waals surface area contributed by atoms with Crippen LogP contribution in [0.3, 0.4) is 0 Å². The largest absolute Gasteiger partial charge is 0.374 e. The molecule has 0 atom stereocenters. The first-order chi connectivity index (χ1) is 6.66. The summed E-state index contributed by atoms with van der Waals surface area (Å²) in [4.78, 5) is 10.9. The molecule has 0 heterocycles. The third kappa shape index (κ3) is 9.34. The molecule has 6 heteroatoms. The molecule has 84 valence electrons. The van der Waals surface area contributed by atoms with Crippen molar-refractivity contribution in [2.75, 3.05) is 33.4 Å². The van der Waals surface area contributed by atoms with E-state index >= 15 is 0 Å². The molecule has 0 aliphatic heterocycles. The van der Waals surface area contributed by atoms with Crippen molar-refractivity contribution in [3.8, 4) is 0 Å². The maximum absolute atomic E-state index is 11.6. The van der Waals surface area contributed by atoms with Crippen LogP contribution in [0.1, 0.15) is 6.42 Å². The minimum absolute atomic E-state index is 0.111. The number of nitrogens with one attached hydrogen (secondary N) is 2. The van der Waals surface area contributed by atoms with Gasteiger partial charge < -0.3 is 15.4 Å². The fourth-order valence-corrected chi connectivity index (χ4v) is 0.762. The highest BCUT2D eigenvalue weighted by atomic mass is 19.3. The summed E-state index contributed by atoms with van der Waals surface area (Å²) in [5.74, 6) is -0.111. The number of rotatable bonds is 8. The molecular weight excluding hydrogens is 194 g/mol. The fourth-order valence-electron chi connectivity index (χ4n) is 0.762. The molecule has 0 fully saturated rings. The Morgan fingerprint density at radius 2 is 2.14 bits per heavy atom. The Morgan fingerprint density at radius 3 is 2.71 bits per heavy atom. The van der Waals surface area contributed by atoms with E-state index in [0.717, 1.165) is 0 Å². The zero-order chi connectivity index (χ0) is 10.8.